The standard InChI is InChI=1S/C12H18BrO5P/c1-4-16-19(15,17-5-2)8-10-6-12(11(14)7-13)18-9(10)3/h6H,4-5,7-8H2,1-3H3. The number of Topliss-reactive ketones (excluding diaryl/α,β-unsaturated/α-hetero) is 1. The van der Waals surface area contributed by atoms with E-state index in [2.05, 4.69) is 15.9 Å². The second-order valence-corrected chi connectivity index (χ2v) is 6.47. The van der Waals surface area contributed by atoms with Crippen LogP contribution in [0.15, 0.2) is 10.5 Å². The van der Waals surface area contributed by atoms with E-state index in [0.717, 1.165) is 0 Å². The van der Waals surface area contributed by atoms with E-state index in [4.69, 9.17) is 13.5 Å². The number of alkyl halides is 1. The van der Waals surface area contributed by atoms with Crippen molar-refractivity contribution in [1.82, 2.24) is 0 Å². The Kier molecular flexibility index (Phi) is 6.47. The zero-order valence-electron chi connectivity index (χ0n) is 11.3. The lowest BCUT2D eigenvalue weighted by Crippen LogP contribution is -1.99. The highest BCUT2D eigenvalue weighted by molar-refractivity contribution is 9.09. The summed E-state index contributed by atoms with van der Waals surface area (Å²) in [5.41, 5.74) is 0.675. The molecule has 1 heterocycles. The van der Waals surface area contributed by atoms with Crippen LogP contribution in [0.25, 0.3) is 0 Å². The molecule has 0 saturated carbocycles. The molecule has 0 aliphatic rings. The molecule has 0 aliphatic heterocycles. The SMILES string of the molecule is CCOP(=O)(Cc1cc(C(=O)CBr)oc1C)OCC. The molecule has 0 unspecified atom stereocenters. The van der Waals surface area contributed by atoms with Gasteiger partial charge in [0, 0.05) is 5.56 Å². The van der Waals surface area contributed by atoms with Crippen molar-refractivity contribution in [1.29, 1.82) is 0 Å². The van der Waals surface area contributed by atoms with E-state index in [1.807, 2.05) is 0 Å². The average molecular weight is 353 g/mol. The topological polar surface area (TPSA) is 65.7 Å². The average Bonchev–Trinajstić information content (AvgIpc) is 2.70. The largest absolute Gasteiger partial charge is 0.458 e. The fourth-order valence-electron chi connectivity index (χ4n) is 1.61. The second-order valence-electron chi connectivity index (χ2n) is 3.85. The third-order valence-corrected chi connectivity index (χ3v) is 4.97. The van der Waals surface area contributed by atoms with Gasteiger partial charge in [0.1, 0.15) is 5.76 Å². The second kappa shape index (κ2) is 7.39. The minimum atomic E-state index is -3.18. The molecule has 0 aromatic carbocycles. The van der Waals surface area contributed by atoms with Crippen molar-refractivity contribution in [2.45, 2.75) is 26.9 Å². The van der Waals surface area contributed by atoms with Gasteiger partial charge in [-0.15, -0.1) is 0 Å². The van der Waals surface area contributed by atoms with Gasteiger partial charge in [-0.3, -0.25) is 9.36 Å². The molecule has 1 aromatic heterocycles. The van der Waals surface area contributed by atoms with Crippen molar-refractivity contribution in [3.05, 3.63) is 23.2 Å². The summed E-state index contributed by atoms with van der Waals surface area (Å²) >= 11 is 3.08. The first-order chi connectivity index (χ1) is 8.95. The highest BCUT2D eigenvalue weighted by atomic mass is 79.9. The van der Waals surface area contributed by atoms with Gasteiger partial charge in [-0.25, -0.2) is 0 Å². The molecule has 0 N–H and O–H groups in total. The number of halogens is 1. The number of ketones is 1. The van der Waals surface area contributed by atoms with Gasteiger partial charge in [0.05, 0.1) is 24.7 Å². The fraction of sp³-hybridized carbons (Fsp3) is 0.583. The smallest absolute Gasteiger partial charge is 0.335 e. The lowest BCUT2D eigenvalue weighted by molar-refractivity contribution is 0.0992. The number of carbonyl (C=O) groups is 1. The maximum atomic E-state index is 12.4. The van der Waals surface area contributed by atoms with Gasteiger partial charge in [0.2, 0.25) is 5.78 Å². The number of aryl methyl sites for hydroxylation is 1. The van der Waals surface area contributed by atoms with Gasteiger partial charge in [0.15, 0.2) is 5.76 Å². The molecule has 0 saturated heterocycles. The van der Waals surface area contributed by atoms with Crippen LogP contribution in [0, 0.1) is 6.92 Å². The summed E-state index contributed by atoms with van der Waals surface area (Å²) < 4.78 is 28.2. The van der Waals surface area contributed by atoms with Crippen molar-refractivity contribution < 1.29 is 22.8 Å². The molecule has 0 spiro atoms. The third-order valence-electron chi connectivity index (χ3n) is 2.43. The highest BCUT2D eigenvalue weighted by Crippen LogP contribution is 2.51. The van der Waals surface area contributed by atoms with Crippen molar-refractivity contribution in [2.24, 2.45) is 0 Å². The third kappa shape index (κ3) is 4.56. The first kappa shape index (κ1) is 16.6. The molecule has 0 fully saturated rings. The van der Waals surface area contributed by atoms with Crippen molar-refractivity contribution in [3.8, 4) is 0 Å². The zero-order valence-corrected chi connectivity index (χ0v) is 13.8. The van der Waals surface area contributed by atoms with Crippen LogP contribution in [0.1, 0.15) is 35.7 Å². The summed E-state index contributed by atoms with van der Waals surface area (Å²) in [6, 6.07) is 1.60. The highest BCUT2D eigenvalue weighted by Gasteiger charge is 2.27. The first-order valence-electron chi connectivity index (χ1n) is 6.02. The van der Waals surface area contributed by atoms with Gasteiger partial charge >= 0.3 is 7.60 Å². The molecule has 7 heteroatoms. The minimum Gasteiger partial charge on any atom is -0.458 e. The van der Waals surface area contributed by atoms with Crippen LogP contribution in [0.3, 0.4) is 0 Å². The Hall–Kier alpha value is -0.420. The quantitative estimate of drug-likeness (QED) is 0.402. The van der Waals surface area contributed by atoms with Gasteiger partial charge in [-0.1, -0.05) is 15.9 Å². The number of furan rings is 1. The van der Waals surface area contributed by atoms with Crippen LogP contribution in [-0.2, 0) is 19.8 Å². The predicted molar refractivity (Wildman–Crippen MR) is 76.1 cm³/mol. The van der Waals surface area contributed by atoms with Crippen LogP contribution < -0.4 is 0 Å². The summed E-state index contributed by atoms with van der Waals surface area (Å²) in [4.78, 5) is 11.5. The Morgan fingerprint density at radius 2 is 1.95 bits per heavy atom. The maximum Gasteiger partial charge on any atom is 0.335 e. The van der Waals surface area contributed by atoms with Gasteiger partial charge in [-0.2, -0.15) is 0 Å². The normalized spacial score (nSPS) is 11.8. The molecular formula is C12H18BrO5P. The molecule has 0 bridgehead atoms. The molecule has 0 radical (unpaired) electrons. The van der Waals surface area contributed by atoms with E-state index in [0.29, 0.717) is 24.5 Å². The Morgan fingerprint density at radius 3 is 2.42 bits per heavy atom. The molecule has 0 amide bonds. The molecular weight excluding hydrogens is 335 g/mol. The van der Waals surface area contributed by atoms with Crippen LogP contribution in [0.4, 0.5) is 0 Å². The van der Waals surface area contributed by atoms with E-state index < -0.39 is 7.60 Å². The monoisotopic (exact) mass is 352 g/mol. The van der Waals surface area contributed by atoms with Crippen molar-refractivity contribution >= 4 is 29.3 Å². The Labute approximate surface area is 121 Å². The van der Waals surface area contributed by atoms with Crippen molar-refractivity contribution in [3.63, 3.8) is 0 Å². The van der Waals surface area contributed by atoms with Crippen LogP contribution >= 0.6 is 23.5 Å². The van der Waals surface area contributed by atoms with Gasteiger partial charge < -0.3 is 13.5 Å². The first-order valence-corrected chi connectivity index (χ1v) is 8.87. The Morgan fingerprint density at radius 1 is 1.37 bits per heavy atom. The summed E-state index contributed by atoms with van der Waals surface area (Å²) in [7, 11) is -3.18. The molecule has 0 aliphatic carbocycles. The Balaban J connectivity index is 2.94. The number of hydrogen-bond acceptors (Lipinski definition) is 5. The van der Waals surface area contributed by atoms with Gasteiger partial charge in [0.25, 0.3) is 0 Å². The molecule has 108 valence electrons. The number of carbonyl (C=O) groups excluding carboxylic acids is 1. The summed E-state index contributed by atoms with van der Waals surface area (Å²) in [6.07, 6.45) is 0.111. The zero-order chi connectivity index (χ0) is 14.5. The molecule has 19 heavy (non-hydrogen) atoms. The number of rotatable bonds is 8. The van der Waals surface area contributed by atoms with Gasteiger partial charge in [-0.05, 0) is 26.8 Å². The lowest BCUT2D eigenvalue weighted by atomic mass is 10.2. The van der Waals surface area contributed by atoms with E-state index in [1.165, 1.54) is 0 Å². The predicted octanol–water partition coefficient (Wildman–Crippen LogP) is 3.93. The Bertz CT molecular complexity index is 472. The lowest BCUT2D eigenvalue weighted by Gasteiger charge is -2.16. The fourth-order valence-corrected chi connectivity index (χ4v) is 3.66. The summed E-state index contributed by atoms with van der Waals surface area (Å²) in [5, 5.41) is 0.188. The van der Waals surface area contributed by atoms with E-state index in [1.54, 1.807) is 26.8 Å². The molecule has 1 aromatic rings. The summed E-state index contributed by atoms with van der Waals surface area (Å²) in [5.74, 6) is 0.657. The molecule has 1 rings (SSSR count). The van der Waals surface area contributed by atoms with E-state index in [-0.39, 0.29) is 23.0 Å². The summed E-state index contributed by atoms with van der Waals surface area (Å²) in [6.45, 7) is 5.85. The van der Waals surface area contributed by atoms with Crippen LogP contribution in [-0.4, -0.2) is 24.3 Å². The van der Waals surface area contributed by atoms with E-state index >= 15 is 0 Å². The maximum absolute atomic E-state index is 12.4. The minimum absolute atomic E-state index is 0.111. The molecule has 5 nitrogen and oxygen atoms in total. The molecule has 0 atom stereocenters. The van der Waals surface area contributed by atoms with Crippen LogP contribution in [0.5, 0.6) is 0 Å². The number of hydrogen-bond donors (Lipinski definition) is 0. The van der Waals surface area contributed by atoms with Crippen LogP contribution in [0.2, 0.25) is 0 Å². The van der Waals surface area contributed by atoms with Crippen molar-refractivity contribution in [2.75, 3.05) is 18.5 Å². The van der Waals surface area contributed by atoms with E-state index in [9.17, 15) is 9.36 Å².